The first-order chi connectivity index (χ1) is 6.09. The molecule has 0 aliphatic carbocycles. The zero-order chi connectivity index (χ0) is 9.84. The lowest BCUT2D eigenvalue weighted by Gasteiger charge is -2.03. The highest BCUT2D eigenvalue weighted by atomic mass is 16.1. The van der Waals surface area contributed by atoms with Crippen LogP contribution in [0.5, 0.6) is 0 Å². The zero-order valence-electron chi connectivity index (χ0n) is 7.92. The van der Waals surface area contributed by atoms with Crippen LogP contribution in [-0.2, 0) is 0 Å². The lowest BCUT2D eigenvalue weighted by Crippen LogP contribution is -2.20. The zero-order valence-corrected chi connectivity index (χ0v) is 7.92. The van der Waals surface area contributed by atoms with Crippen LogP contribution in [-0.4, -0.2) is 5.91 Å². The standard InChI is InChI=1S/C11H13NO/c1-8(2)12-11(13)10-6-4-5-9(3)7-10/h4-7H,1H2,2-3H3,(H,12,13). The van der Waals surface area contributed by atoms with E-state index in [1.54, 1.807) is 13.0 Å². The van der Waals surface area contributed by atoms with Crippen molar-refractivity contribution in [2.45, 2.75) is 13.8 Å². The minimum absolute atomic E-state index is 0.101. The lowest BCUT2D eigenvalue weighted by molar-refractivity contribution is 0.0966. The SMILES string of the molecule is C=C(C)NC(=O)c1cccc(C)c1. The van der Waals surface area contributed by atoms with Crippen molar-refractivity contribution in [3.63, 3.8) is 0 Å². The number of rotatable bonds is 2. The average molecular weight is 175 g/mol. The van der Waals surface area contributed by atoms with Crippen LogP contribution < -0.4 is 5.32 Å². The molecule has 0 heterocycles. The number of carbonyl (C=O) groups is 1. The van der Waals surface area contributed by atoms with Crippen molar-refractivity contribution >= 4 is 5.91 Å². The molecule has 1 aromatic rings. The first kappa shape index (κ1) is 9.52. The molecule has 68 valence electrons. The molecule has 2 heteroatoms. The van der Waals surface area contributed by atoms with E-state index in [9.17, 15) is 4.79 Å². The third-order valence-electron chi connectivity index (χ3n) is 1.61. The Kier molecular flexibility index (Phi) is 2.85. The van der Waals surface area contributed by atoms with Crippen molar-refractivity contribution in [3.05, 3.63) is 47.7 Å². The fraction of sp³-hybridized carbons (Fsp3) is 0.182. The predicted octanol–water partition coefficient (Wildman–Crippen LogP) is 2.26. The molecule has 1 rings (SSSR count). The Morgan fingerprint density at radius 1 is 1.46 bits per heavy atom. The summed E-state index contributed by atoms with van der Waals surface area (Å²) in [7, 11) is 0. The molecule has 0 radical (unpaired) electrons. The Labute approximate surface area is 78.3 Å². The van der Waals surface area contributed by atoms with Crippen LogP contribution in [0.2, 0.25) is 0 Å². The smallest absolute Gasteiger partial charge is 0.255 e. The Morgan fingerprint density at radius 2 is 2.15 bits per heavy atom. The maximum Gasteiger partial charge on any atom is 0.255 e. The molecule has 1 aromatic carbocycles. The summed E-state index contributed by atoms with van der Waals surface area (Å²) in [5, 5.41) is 2.65. The summed E-state index contributed by atoms with van der Waals surface area (Å²) in [6.45, 7) is 7.32. The Balaban J connectivity index is 2.83. The molecule has 0 saturated heterocycles. The molecular weight excluding hydrogens is 162 g/mol. The van der Waals surface area contributed by atoms with Crippen LogP contribution in [0, 0.1) is 6.92 Å². The van der Waals surface area contributed by atoms with Crippen LogP contribution in [0.15, 0.2) is 36.5 Å². The van der Waals surface area contributed by atoms with Gasteiger partial charge in [-0.15, -0.1) is 0 Å². The maximum atomic E-state index is 11.4. The minimum atomic E-state index is -0.101. The molecule has 0 aromatic heterocycles. The summed E-state index contributed by atoms with van der Waals surface area (Å²) in [4.78, 5) is 11.4. The largest absolute Gasteiger partial charge is 0.327 e. The third kappa shape index (κ3) is 2.75. The normalized spacial score (nSPS) is 9.38. The molecule has 1 N–H and O–H groups in total. The summed E-state index contributed by atoms with van der Waals surface area (Å²) in [6, 6.07) is 7.45. The molecule has 2 nitrogen and oxygen atoms in total. The van der Waals surface area contributed by atoms with Crippen LogP contribution in [0.4, 0.5) is 0 Å². The van der Waals surface area contributed by atoms with E-state index in [2.05, 4.69) is 11.9 Å². The van der Waals surface area contributed by atoms with Gasteiger partial charge in [-0.2, -0.15) is 0 Å². The van der Waals surface area contributed by atoms with Gasteiger partial charge in [-0.1, -0.05) is 24.3 Å². The van der Waals surface area contributed by atoms with Crippen molar-refractivity contribution in [1.29, 1.82) is 0 Å². The molecule has 0 spiro atoms. The third-order valence-corrected chi connectivity index (χ3v) is 1.61. The second-order valence-corrected chi connectivity index (χ2v) is 3.10. The molecule has 0 aliphatic heterocycles. The van der Waals surface area contributed by atoms with E-state index in [4.69, 9.17) is 0 Å². The second kappa shape index (κ2) is 3.90. The average Bonchev–Trinajstić information content (AvgIpc) is 2.03. The van der Waals surface area contributed by atoms with Crippen LogP contribution in [0.1, 0.15) is 22.8 Å². The van der Waals surface area contributed by atoms with Gasteiger partial charge in [0.1, 0.15) is 0 Å². The topological polar surface area (TPSA) is 29.1 Å². The van der Waals surface area contributed by atoms with Gasteiger partial charge in [-0.05, 0) is 26.0 Å². The fourth-order valence-corrected chi connectivity index (χ4v) is 1.05. The number of nitrogens with one attached hydrogen (secondary N) is 1. The van der Waals surface area contributed by atoms with Crippen molar-refractivity contribution in [1.82, 2.24) is 5.32 Å². The quantitative estimate of drug-likeness (QED) is 0.734. The molecular formula is C11H13NO. The van der Waals surface area contributed by atoms with Crippen molar-refractivity contribution in [2.24, 2.45) is 0 Å². The Hall–Kier alpha value is -1.57. The molecule has 0 bridgehead atoms. The van der Waals surface area contributed by atoms with Gasteiger partial charge in [0.2, 0.25) is 0 Å². The van der Waals surface area contributed by atoms with Crippen LogP contribution in [0.25, 0.3) is 0 Å². The molecule has 0 unspecified atom stereocenters. The second-order valence-electron chi connectivity index (χ2n) is 3.10. The van der Waals surface area contributed by atoms with Gasteiger partial charge in [0.15, 0.2) is 0 Å². The van der Waals surface area contributed by atoms with Crippen molar-refractivity contribution in [3.8, 4) is 0 Å². The van der Waals surface area contributed by atoms with E-state index < -0.39 is 0 Å². The summed E-state index contributed by atoms with van der Waals surface area (Å²) < 4.78 is 0. The van der Waals surface area contributed by atoms with Crippen LogP contribution >= 0.6 is 0 Å². The van der Waals surface area contributed by atoms with Gasteiger partial charge in [0.05, 0.1) is 0 Å². The number of hydrogen-bond acceptors (Lipinski definition) is 1. The number of amides is 1. The first-order valence-electron chi connectivity index (χ1n) is 4.13. The predicted molar refractivity (Wildman–Crippen MR) is 53.5 cm³/mol. The van der Waals surface area contributed by atoms with E-state index in [0.717, 1.165) is 5.56 Å². The number of benzene rings is 1. The highest BCUT2D eigenvalue weighted by Crippen LogP contribution is 2.03. The van der Waals surface area contributed by atoms with Gasteiger partial charge < -0.3 is 5.32 Å². The van der Waals surface area contributed by atoms with Crippen molar-refractivity contribution < 1.29 is 4.79 Å². The number of aryl methyl sites for hydroxylation is 1. The summed E-state index contributed by atoms with van der Waals surface area (Å²) >= 11 is 0. The monoisotopic (exact) mass is 175 g/mol. The van der Waals surface area contributed by atoms with E-state index in [0.29, 0.717) is 11.3 Å². The molecule has 13 heavy (non-hydrogen) atoms. The van der Waals surface area contributed by atoms with Gasteiger partial charge in [0.25, 0.3) is 5.91 Å². The molecule has 0 fully saturated rings. The summed E-state index contributed by atoms with van der Waals surface area (Å²) in [6.07, 6.45) is 0. The Morgan fingerprint density at radius 3 is 2.69 bits per heavy atom. The molecule has 0 saturated carbocycles. The summed E-state index contributed by atoms with van der Waals surface area (Å²) in [5.74, 6) is -0.101. The van der Waals surface area contributed by atoms with Gasteiger partial charge in [-0.3, -0.25) is 4.79 Å². The highest BCUT2D eigenvalue weighted by molar-refractivity contribution is 5.95. The van der Waals surface area contributed by atoms with Gasteiger partial charge in [-0.25, -0.2) is 0 Å². The molecule has 0 aliphatic rings. The number of allylic oxidation sites excluding steroid dienone is 1. The van der Waals surface area contributed by atoms with E-state index in [1.165, 1.54) is 0 Å². The molecule has 1 amide bonds. The number of carbonyl (C=O) groups excluding carboxylic acids is 1. The van der Waals surface area contributed by atoms with Gasteiger partial charge in [0, 0.05) is 11.3 Å². The van der Waals surface area contributed by atoms with Crippen molar-refractivity contribution in [2.75, 3.05) is 0 Å². The molecule has 0 atom stereocenters. The Bertz CT molecular complexity index is 342. The maximum absolute atomic E-state index is 11.4. The lowest BCUT2D eigenvalue weighted by atomic mass is 10.1. The van der Waals surface area contributed by atoms with E-state index in [1.807, 2.05) is 25.1 Å². The van der Waals surface area contributed by atoms with E-state index >= 15 is 0 Å². The van der Waals surface area contributed by atoms with E-state index in [-0.39, 0.29) is 5.91 Å². The number of hydrogen-bond donors (Lipinski definition) is 1. The minimum Gasteiger partial charge on any atom is -0.327 e. The van der Waals surface area contributed by atoms with Crippen LogP contribution in [0.3, 0.4) is 0 Å². The summed E-state index contributed by atoms with van der Waals surface area (Å²) in [5.41, 5.74) is 2.41. The highest BCUT2D eigenvalue weighted by Gasteiger charge is 2.03. The van der Waals surface area contributed by atoms with Gasteiger partial charge >= 0.3 is 0 Å². The fourth-order valence-electron chi connectivity index (χ4n) is 1.05. The first-order valence-corrected chi connectivity index (χ1v) is 4.13.